The molecule has 0 bridgehead atoms. The maximum Gasteiger partial charge on any atom is 0.416 e. The van der Waals surface area contributed by atoms with Crippen LogP contribution < -0.4 is 0 Å². The zero-order valence-corrected chi connectivity index (χ0v) is 16.2. The highest BCUT2D eigenvalue weighted by Gasteiger charge is 2.30. The molecule has 0 aliphatic rings. The van der Waals surface area contributed by atoms with E-state index in [0.29, 0.717) is 0 Å². The fraction of sp³-hybridized carbons (Fsp3) is 0.0870. The Morgan fingerprint density at radius 3 is 1.97 bits per heavy atom. The first-order valence-corrected chi connectivity index (χ1v) is 9.24. The number of aromatic nitrogens is 3. The van der Waals surface area contributed by atoms with Crippen LogP contribution >= 0.6 is 0 Å². The number of phenolic OH excluding ortho intramolecular Hbond substituents is 2. The molecule has 0 aliphatic heterocycles. The number of hydrogen-bond acceptors (Lipinski definition) is 5. The Hall–Kier alpha value is -3.94. The van der Waals surface area contributed by atoms with E-state index in [2.05, 4.69) is 15.0 Å². The summed E-state index contributed by atoms with van der Waals surface area (Å²) >= 11 is 0. The summed E-state index contributed by atoms with van der Waals surface area (Å²) in [5.74, 6) is -0.0600. The molecule has 156 valence electrons. The summed E-state index contributed by atoms with van der Waals surface area (Å²) in [6.45, 7) is 1.80. The number of nitrogens with zero attached hydrogens (tertiary/aromatic N) is 3. The van der Waals surface area contributed by atoms with Crippen LogP contribution in [-0.2, 0) is 6.18 Å². The van der Waals surface area contributed by atoms with Gasteiger partial charge < -0.3 is 10.2 Å². The minimum Gasteiger partial charge on any atom is -0.507 e. The number of aryl methyl sites for hydroxylation is 1. The van der Waals surface area contributed by atoms with E-state index in [1.54, 1.807) is 37.3 Å². The van der Waals surface area contributed by atoms with Gasteiger partial charge in [0.2, 0.25) is 0 Å². The Morgan fingerprint density at radius 2 is 1.32 bits per heavy atom. The molecule has 3 aromatic carbocycles. The number of benzene rings is 3. The molecule has 2 N–H and O–H groups in total. The molecule has 31 heavy (non-hydrogen) atoms. The summed E-state index contributed by atoms with van der Waals surface area (Å²) in [5, 5.41) is 20.6. The minimum absolute atomic E-state index is 0.0191. The van der Waals surface area contributed by atoms with Crippen LogP contribution in [0.25, 0.3) is 34.2 Å². The van der Waals surface area contributed by atoms with E-state index in [4.69, 9.17) is 0 Å². The fourth-order valence-corrected chi connectivity index (χ4v) is 3.07. The molecule has 0 unspecified atom stereocenters. The smallest absolute Gasteiger partial charge is 0.416 e. The van der Waals surface area contributed by atoms with Gasteiger partial charge >= 0.3 is 6.18 Å². The lowest BCUT2D eigenvalue weighted by Gasteiger charge is -2.12. The summed E-state index contributed by atoms with van der Waals surface area (Å²) in [4.78, 5) is 13.0. The van der Waals surface area contributed by atoms with Crippen molar-refractivity contribution in [3.63, 3.8) is 0 Å². The third-order valence-corrected chi connectivity index (χ3v) is 4.62. The van der Waals surface area contributed by atoms with Gasteiger partial charge in [0.1, 0.15) is 11.5 Å². The zero-order valence-electron chi connectivity index (χ0n) is 16.2. The molecule has 1 aromatic heterocycles. The van der Waals surface area contributed by atoms with Crippen LogP contribution in [0.4, 0.5) is 13.2 Å². The van der Waals surface area contributed by atoms with Gasteiger partial charge in [0.05, 0.1) is 16.7 Å². The summed E-state index contributed by atoms with van der Waals surface area (Å²) < 4.78 is 39.6. The molecular formula is C23H16F3N3O2. The molecule has 4 rings (SSSR count). The maximum atomic E-state index is 13.2. The van der Waals surface area contributed by atoms with Crippen molar-refractivity contribution >= 4 is 0 Å². The first kappa shape index (κ1) is 20.3. The average molecular weight is 423 g/mol. The Bertz CT molecular complexity index is 1270. The van der Waals surface area contributed by atoms with Crippen LogP contribution in [0.15, 0.2) is 66.7 Å². The normalized spacial score (nSPS) is 11.5. The first-order chi connectivity index (χ1) is 14.7. The predicted molar refractivity (Wildman–Crippen MR) is 109 cm³/mol. The van der Waals surface area contributed by atoms with Crippen molar-refractivity contribution in [2.24, 2.45) is 0 Å². The molecule has 4 aromatic rings. The van der Waals surface area contributed by atoms with Gasteiger partial charge in [-0.3, -0.25) is 0 Å². The standard InChI is InChI=1S/C23H16F3N3O2/c1-13-9-10-17(19(31)11-13)22-28-20(14-5-4-6-15(12-14)23(24,25)26)27-21(29-22)16-7-2-3-8-18(16)30/h2-12,30-31H,1H3. The number of rotatable bonds is 3. The third-order valence-electron chi connectivity index (χ3n) is 4.62. The Balaban J connectivity index is 1.96. The second-order valence-electron chi connectivity index (χ2n) is 6.92. The van der Waals surface area contributed by atoms with E-state index in [1.165, 1.54) is 24.3 Å². The maximum absolute atomic E-state index is 13.2. The lowest BCUT2D eigenvalue weighted by molar-refractivity contribution is -0.137. The number of hydrogen-bond donors (Lipinski definition) is 2. The number of alkyl halides is 3. The van der Waals surface area contributed by atoms with E-state index in [0.717, 1.165) is 17.7 Å². The van der Waals surface area contributed by atoms with Crippen molar-refractivity contribution in [3.8, 4) is 45.7 Å². The molecule has 8 heteroatoms. The molecule has 0 fully saturated rings. The quantitative estimate of drug-likeness (QED) is 0.448. The van der Waals surface area contributed by atoms with Gasteiger partial charge in [-0.2, -0.15) is 13.2 Å². The summed E-state index contributed by atoms with van der Waals surface area (Å²) in [6, 6.07) is 15.9. The SMILES string of the molecule is Cc1ccc(-c2nc(-c3cccc(C(F)(F)F)c3)nc(-c3ccccc3O)n2)c(O)c1. The number of phenols is 2. The van der Waals surface area contributed by atoms with Crippen molar-refractivity contribution in [1.29, 1.82) is 0 Å². The Morgan fingerprint density at radius 1 is 0.677 bits per heavy atom. The van der Waals surface area contributed by atoms with Crippen LogP contribution in [0, 0.1) is 6.92 Å². The van der Waals surface area contributed by atoms with E-state index >= 15 is 0 Å². The number of para-hydroxylation sites is 1. The molecule has 0 spiro atoms. The van der Waals surface area contributed by atoms with E-state index in [1.807, 2.05) is 0 Å². The molecule has 0 radical (unpaired) electrons. The molecule has 0 atom stereocenters. The lowest BCUT2D eigenvalue weighted by Crippen LogP contribution is -2.05. The van der Waals surface area contributed by atoms with Crippen molar-refractivity contribution in [1.82, 2.24) is 15.0 Å². The predicted octanol–water partition coefficient (Wildman–Crippen LogP) is 5.61. The Kier molecular flexibility index (Phi) is 5.06. The van der Waals surface area contributed by atoms with Gasteiger partial charge in [0.15, 0.2) is 17.5 Å². The largest absolute Gasteiger partial charge is 0.507 e. The number of aromatic hydroxyl groups is 2. The van der Waals surface area contributed by atoms with E-state index in [9.17, 15) is 23.4 Å². The van der Waals surface area contributed by atoms with Gasteiger partial charge in [-0.1, -0.05) is 30.3 Å². The van der Waals surface area contributed by atoms with Crippen molar-refractivity contribution in [3.05, 3.63) is 77.9 Å². The molecule has 0 saturated carbocycles. The van der Waals surface area contributed by atoms with Gasteiger partial charge in [-0.05, 0) is 48.9 Å². The average Bonchev–Trinajstić information content (AvgIpc) is 2.73. The van der Waals surface area contributed by atoms with Crippen molar-refractivity contribution in [2.45, 2.75) is 13.1 Å². The topological polar surface area (TPSA) is 79.1 Å². The van der Waals surface area contributed by atoms with Gasteiger partial charge in [0.25, 0.3) is 0 Å². The number of halogens is 3. The first-order valence-electron chi connectivity index (χ1n) is 9.24. The van der Waals surface area contributed by atoms with Crippen LogP contribution in [-0.4, -0.2) is 25.2 Å². The highest BCUT2D eigenvalue weighted by molar-refractivity contribution is 5.72. The summed E-state index contributed by atoms with van der Waals surface area (Å²) in [7, 11) is 0. The summed E-state index contributed by atoms with van der Waals surface area (Å²) in [6.07, 6.45) is -4.53. The zero-order chi connectivity index (χ0) is 22.2. The second kappa shape index (κ2) is 7.71. The lowest BCUT2D eigenvalue weighted by atomic mass is 10.1. The monoisotopic (exact) mass is 423 g/mol. The van der Waals surface area contributed by atoms with Crippen LogP contribution in [0.2, 0.25) is 0 Å². The van der Waals surface area contributed by atoms with Crippen molar-refractivity contribution < 1.29 is 23.4 Å². The van der Waals surface area contributed by atoms with Crippen LogP contribution in [0.5, 0.6) is 11.5 Å². The minimum atomic E-state index is -4.53. The summed E-state index contributed by atoms with van der Waals surface area (Å²) in [5.41, 5.74) is 0.675. The van der Waals surface area contributed by atoms with Crippen molar-refractivity contribution in [2.75, 3.05) is 0 Å². The second-order valence-corrected chi connectivity index (χ2v) is 6.92. The highest BCUT2D eigenvalue weighted by atomic mass is 19.4. The van der Waals surface area contributed by atoms with Gasteiger partial charge in [-0.15, -0.1) is 0 Å². The van der Waals surface area contributed by atoms with Gasteiger partial charge in [0, 0.05) is 5.56 Å². The molecule has 5 nitrogen and oxygen atoms in total. The molecule has 0 aliphatic carbocycles. The van der Waals surface area contributed by atoms with Crippen LogP contribution in [0.1, 0.15) is 11.1 Å². The van der Waals surface area contributed by atoms with Gasteiger partial charge in [-0.25, -0.2) is 15.0 Å². The molecule has 1 heterocycles. The van der Waals surface area contributed by atoms with E-state index < -0.39 is 11.7 Å². The molecule has 0 amide bonds. The fourth-order valence-electron chi connectivity index (χ4n) is 3.07. The van der Waals surface area contributed by atoms with Crippen LogP contribution in [0.3, 0.4) is 0 Å². The Labute approximate surface area is 175 Å². The van der Waals surface area contributed by atoms with E-state index in [-0.39, 0.29) is 45.7 Å². The third kappa shape index (κ3) is 4.18. The highest BCUT2D eigenvalue weighted by Crippen LogP contribution is 2.35. The molecular weight excluding hydrogens is 407 g/mol. The molecule has 0 saturated heterocycles.